The summed E-state index contributed by atoms with van der Waals surface area (Å²) < 4.78 is 26.4. The van der Waals surface area contributed by atoms with E-state index in [1.54, 1.807) is 0 Å². The van der Waals surface area contributed by atoms with Crippen molar-refractivity contribution in [2.45, 2.75) is 6.92 Å². The predicted molar refractivity (Wildman–Crippen MR) is 82.4 cm³/mol. The van der Waals surface area contributed by atoms with Crippen molar-refractivity contribution >= 4 is 23.4 Å². The molecular formula is C15H18ClF2N3O2. The number of amides is 2. The van der Waals surface area contributed by atoms with Crippen LogP contribution in [-0.4, -0.2) is 60.9 Å². The minimum Gasteiger partial charge on any atom is -0.355 e. The van der Waals surface area contributed by atoms with E-state index in [0.29, 0.717) is 32.7 Å². The van der Waals surface area contributed by atoms with Crippen LogP contribution in [0.5, 0.6) is 0 Å². The first kappa shape index (κ1) is 17.6. The van der Waals surface area contributed by atoms with Gasteiger partial charge in [-0.3, -0.25) is 14.5 Å². The molecule has 2 rings (SSSR count). The van der Waals surface area contributed by atoms with Crippen molar-refractivity contribution in [3.05, 3.63) is 34.4 Å². The van der Waals surface area contributed by atoms with Gasteiger partial charge in [0.15, 0.2) is 11.6 Å². The highest BCUT2D eigenvalue weighted by atomic mass is 35.5. The van der Waals surface area contributed by atoms with Gasteiger partial charge in [-0.15, -0.1) is 0 Å². The largest absolute Gasteiger partial charge is 0.355 e. The summed E-state index contributed by atoms with van der Waals surface area (Å²) in [6, 6.07) is 1.62. The quantitative estimate of drug-likeness (QED) is 0.842. The van der Waals surface area contributed by atoms with Gasteiger partial charge < -0.3 is 10.2 Å². The van der Waals surface area contributed by atoms with Crippen molar-refractivity contribution in [2.24, 2.45) is 0 Å². The zero-order valence-corrected chi connectivity index (χ0v) is 13.5. The van der Waals surface area contributed by atoms with E-state index < -0.39 is 17.5 Å². The molecule has 2 amide bonds. The Labute approximate surface area is 138 Å². The second-order valence-electron chi connectivity index (χ2n) is 5.27. The molecule has 126 valence electrons. The molecule has 1 aromatic rings. The lowest BCUT2D eigenvalue weighted by molar-refractivity contribution is -0.122. The van der Waals surface area contributed by atoms with Gasteiger partial charge >= 0.3 is 0 Å². The second kappa shape index (κ2) is 7.70. The van der Waals surface area contributed by atoms with Crippen LogP contribution in [-0.2, 0) is 4.79 Å². The van der Waals surface area contributed by atoms with Crippen molar-refractivity contribution in [3.8, 4) is 0 Å². The minimum atomic E-state index is -1.10. The maximum atomic E-state index is 13.3. The standard InChI is InChI=1S/C15H18ClF2N3O2/c1-2-19-14(22)9-20-3-5-21(6-4-20)15(23)10-7-12(17)13(18)8-11(10)16/h7-8H,2-6,9H2,1H3,(H,19,22). The molecule has 0 bridgehead atoms. The van der Waals surface area contributed by atoms with Gasteiger partial charge in [-0.1, -0.05) is 11.6 Å². The summed E-state index contributed by atoms with van der Waals surface area (Å²) in [5.74, 6) is -2.69. The van der Waals surface area contributed by atoms with Gasteiger partial charge in [0.05, 0.1) is 17.1 Å². The highest BCUT2D eigenvalue weighted by Gasteiger charge is 2.25. The van der Waals surface area contributed by atoms with Gasteiger partial charge in [0.2, 0.25) is 5.91 Å². The van der Waals surface area contributed by atoms with Crippen molar-refractivity contribution in [1.29, 1.82) is 0 Å². The van der Waals surface area contributed by atoms with Gasteiger partial charge in [0, 0.05) is 32.7 Å². The second-order valence-corrected chi connectivity index (χ2v) is 5.68. The molecular weight excluding hydrogens is 328 g/mol. The highest BCUT2D eigenvalue weighted by Crippen LogP contribution is 2.22. The molecule has 5 nitrogen and oxygen atoms in total. The first-order valence-electron chi connectivity index (χ1n) is 7.35. The topological polar surface area (TPSA) is 52.7 Å². The fourth-order valence-corrected chi connectivity index (χ4v) is 2.65. The number of nitrogens with one attached hydrogen (secondary N) is 1. The highest BCUT2D eigenvalue weighted by molar-refractivity contribution is 6.33. The number of halogens is 3. The van der Waals surface area contributed by atoms with E-state index in [2.05, 4.69) is 5.32 Å². The molecule has 1 aliphatic heterocycles. The average Bonchev–Trinajstić information content (AvgIpc) is 2.51. The lowest BCUT2D eigenvalue weighted by atomic mass is 10.1. The normalized spacial score (nSPS) is 15.6. The van der Waals surface area contributed by atoms with Gasteiger partial charge in [-0.25, -0.2) is 8.78 Å². The first-order chi connectivity index (χ1) is 10.9. The summed E-state index contributed by atoms with van der Waals surface area (Å²) in [6.07, 6.45) is 0. The lowest BCUT2D eigenvalue weighted by Crippen LogP contribution is -2.51. The number of piperazine rings is 1. The summed E-state index contributed by atoms with van der Waals surface area (Å²) >= 11 is 5.83. The van der Waals surface area contributed by atoms with Gasteiger partial charge in [-0.05, 0) is 19.1 Å². The van der Waals surface area contributed by atoms with E-state index in [-0.39, 0.29) is 23.0 Å². The summed E-state index contributed by atoms with van der Waals surface area (Å²) in [7, 11) is 0. The zero-order chi connectivity index (χ0) is 17.0. The van der Waals surface area contributed by atoms with Crippen molar-refractivity contribution in [1.82, 2.24) is 15.1 Å². The van der Waals surface area contributed by atoms with E-state index in [1.807, 2.05) is 11.8 Å². The Morgan fingerprint density at radius 3 is 2.39 bits per heavy atom. The summed E-state index contributed by atoms with van der Waals surface area (Å²) in [4.78, 5) is 27.4. The Bertz CT molecular complexity index is 605. The molecule has 1 N–H and O–H groups in total. The first-order valence-corrected chi connectivity index (χ1v) is 7.73. The van der Waals surface area contributed by atoms with E-state index in [4.69, 9.17) is 11.6 Å². The van der Waals surface area contributed by atoms with Crippen molar-refractivity contribution in [3.63, 3.8) is 0 Å². The number of hydrogen-bond acceptors (Lipinski definition) is 3. The maximum absolute atomic E-state index is 13.3. The number of rotatable bonds is 4. The van der Waals surface area contributed by atoms with Gasteiger partial charge in [-0.2, -0.15) is 0 Å². The number of hydrogen-bond donors (Lipinski definition) is 1. The molecule has 0 atom stereocenters. The van der Waals surface area contributed by atoms with Crippen LogP contribution in [0.1, 0.15) is 17.3 Å². The number of carbonyl (C=O) groups excluding carboxylic acids is 2. The van der Waals surface area contributed by atoms with Crippen LogP contribution in [0.25, 0.3) is 0 Å². The molecule has 1 saturated heterocycles. The molecule has 0 radical (unpaired) electrons. The summed E-state index contributed by atoms with van der Waals surface area (Å²) in [6.45, 7) is 4.56. The molecule has 1 aromatic carbocycles. The predicted octanol–water partition coefficient (Wildman–Crippen LogP) is 1.51. The molecule has 1 aliphatic rings. The molecule has 0 spiro atoms. The Morgan fingerprint density at radius 2 is 1.78 bits per heavy atom. The minimum absolute atomic E-state index is 0.0530. The number of likely N-dealkylation sites (N-methyl/N-ethyl adjacent to an activating group) is 1. The van der Waals surface area contributed by atoms with Crippen LogP contribution in [0, 0.1) is 11.6 Å². The van der Waals surface area contributed by atoms with Gasteiger partial charge in [0.1, 0.15) is 0 Å². The zero-order valence-electron chi connectivity index (χ0n) is 12.7. The molecule has 8 heteroatoms. The van der Waals surface area contributed by atoms with Crippen LogP contribution in [0.4, 0.5) is 8.78 Å². The van der Waals surface area contributed by atoms with E-state index in [0.717, 1.165) is 12.1 Å². The number of carbonyl (C=O) groups is 2. The molecule has 0 saturated carbocycles. The monoisotopic (exact) mass is 345 g/mol. The van der Waals surface area contributed by atoms with E-state index >= 15 is 0 Å². The third-order valence-electron chi connectivity index (χ3n) is 3.64. The molecule has 1 fully saturated rings. The summed E-state index contributed by atoms with van der Waals surface area (Å²) in [5.41, 5.74) is -0.0530. The number of nitrogens with zero attached hydrogens (tertiary/aromatic N) is 2. The Hall–Kier alpha value is -1.73. The Kier molecular flexibility index (Phi) is 5.90. The maximum Gasteiger partial charge on any atom is 0.255 e. The molecule has 23 heavy (non-hydrogen) atoms. The molecule has 0 unspecified atom stereocenters. The fraction of sp³-hybridized carbons (Fsp3) is 0.467. The molecule has 0 aliphatic carbocycles. The third kappa shape index (κ3) is 4.39. The van der Waals surface area contributed by atoms with Crippen LogP contribution < -0.4 is 5.32 Å². The van der Waals surface area contributed by atoms with E-state index in [9.17, 15) is 18.4 Å². The van der Waals surface area contributed by atoms with Gasteiger partial charge in [0.25, 0.3) is 5.91 Å². The van der Waals surface area contributed by atoms with Crippen LogP contribution in [0.3, 0.4) is 0 Å². The van der Waals surface area contributed by atoms with Crippen molar-refractivity contribution in [2.75, 3.05) is 39.3 Å². The Balaban J connectivity index is 1.96. The third-order valence-corrected chi connectivity index (χ3v) is 3.95. The van der Waals surface area contributed by atoms with E-state index in [1.165, 1.54) is 4.90 Å². The van der Waals surface area contributed by atoms with Crippen LogP contribution >= 0.6 is 11.6 Å². The number of benzene rings is 1. The van der Waals surface area contributed by atoms with Crippen LogP contribution in [0.2, 0.25) is 5.02 Å². The summed E-state index contributed by atoms with van der Waals surface area (Å²) in [5, 5.41) is 2.60. The smallest absolute Gasteiger partial charge is 0.255 e. The van der Waals surface area contributed by atoms with Crippen LogP contribution in [0.15, 0.2) is 12.1 Å². The van der Waals surface area contributed by atoms with Crippen molar-refractivity contribution < 1.29 is 18.4 Å². The SMILES string of the molecule is CCNC(=O)CN1CCN(C(=O)c2cc(F)c(F)cc2Cl)CC1. The average molecular weight is 346 g/mol. The fourth-order valence-electron chi connectivity index (χ4n) is 2.42. The Morgan fingerprint density at radius 1 is 1.17 bits per heavy atom. The molecule has 1 heterocycles. The molecule has 0 aromatic heterocycles. The lowest BCUT2D eigenvalue weighted by Gasteiger charge is -2.34.